The summed E-state index contributed by atoms with van der Waals surface area (Å²) in [6, 6.07) is 13.5. The lowest BCUT2D eigenvalue weighted by atomic mass is 10.1. The molecule has 3 aromatic rings. The molecule has 0 aliphatic rings. The lowest BCUT2D eigenvalue weighted by Crippen LogP contribution is -2.36. The van der Waals surface area contributed by atoms with Gasteiger partial charge in [0.1, 0.15) is 12.4 Å². The van der Waals surface area contributed by atoms with Crippen LogP contribution in [0.5, 0.6) is 5.75 Å². The molecular weight excluding hydrogens is 338 g/mol. The summed E-state index contributed by atoms with van der Waals surface area (Å²) in [6.45, 7) is 7.23. The quantitative estimate of drug-likeness (QED) is 0.696. The Morgan fingerprint density at radius 3 is 2.59 bits per heavy atom. The van der Waals surface area contributed by atoms with Gasteiger partial charge in [-0.15, -0.1) is 0 Å². The fourth-order valence-electron chi connectivity index (χ4n) is 2.73. The Hall–Kier alpha value is -3.08. The van der Waals surface area contributed by atoms with Crippen LogP contribution >= 0.6 is 0 Å². The molecule has 1 heterocycles. The van der Waals surface area contributed by atoms with Gasteiger partial charge in [-0.05, 0) is 61.7 Å². The van der Waals surface area contributed by atoms with E-state index in [0.717, 1.165) is 17.9 Å². The zero-order valence-corrected chi connectivity index (χ0v) is 16.0. The Morgan fingerprint density at radius 1 is 1.15 bits per heavy atom. The zero-order chi connectivity index (χ0) is 19.2. The van der Waals surface area contributed by atoms with Crippen LogP contribution in [0.4, 0.5) is 0 Å². The number of ether oxygens (including phenoxy) is 1. The van der Waals surface area contributed by atoms with Crippen LogP contribution in [-0.2, 0) is 6.54 Å². The third-order valence-electron chi connectivity index (χ3n) is 4.50. The first-order chi connectivity index (χ1) is 13.0. The molecule has 0 saturated carbocycles. The first kappa shape index (κ1) is 18.7. The number of aromatic nitrogens is 2. The van der Waals surface area contributed by atoms with E-state index in [-0.39, 0.29) is 11.9 Å². The summed E-state index contributed by atoms with van der Waals surface area (Å²) in [7, 11) is 0. The number of aryl methyl sites for hydroxylation is 2. The standard InChI is InChI=1S/C22H25N3O2/c1-16-4-9-21(12-17(16)2)27-14-18(3)24-22(26)20-7-5-19(6-8-20)13-25-11-10-23-15-25/h4-12,15,18H,13-14H2,1-3H3,(H,24,26). The summed E-state index contributed by atoms with van der Waals surface area (Å²) < 4.78 is 7.78. The molecule has 0 aliphatic heterocycles. The number of hydrogen-bond donors (Lipinski definition) is 1. The topological polar surface area (TPSA) is 56.1 Å². The number of benzene rings is 2. The molecule has 0 spiro atoms. The molecule has 1 N–H and O–H groups in total. The molecule has 5 nitrogen and oxygen atoms in total. The molecule has 0 bridgehead atoms. The summed E-state index contributed by atoms with van der Waals surface area (Å²) in [5.74, 6) is 0.725. The van der Waals surface area contributed by atoms with E-state index in [1.54, 1.807) is 12.5 Å². The third kappa shape index (κ3) is 5.20. The summed E-state index contributed by atoms with van der Waals surface area (Å²) in [5, 5.41) is 2.98. The number of amides is 1. The van der Waals surface area contributed by atoms with E-state index in [1.807, 2.05) is 60.2 Å². The largest absolute Gasteiger partial charge is 0.491 e. The minimum atomic E-state index is -0.0969. The van der Waals surface area contributed by atoms with Crippen molar-refractivity contribution in [2.75, 3.05) is 6.61 Å². The fourth-order valence-corrected chi connectivity index (χ4v) is 2.73. The van der Waals surface area contributed by atoms with Crippen LogP contribution < -0.4 is 10.1 Å². The SMILES string of the molecule is Cc1ccc(OCC(C)NC(=O)c2ccc(Cn3ccnc3)cc2)cc1C. The average molecular weight is 363 g/mol. The van der Waals surface area contributed by atoms with Gasteiger partial charge in [0.25, 0.3) is 5.91 Å². The van der Waals surface area contributed by atoms with Crippen molar-refractivity contribution in [3.8, 4) is 5.75 Å². The van der Waals surface area contributed by atoms with Crippen molar-refractivity contribution in [3.05, 3.63) is 83.4 Å². The molecule has 0 radical (unpaired) electrons. The maximum absolute atomic E-state index is 12.4. The van der Waals surface area contributed by atoms with Gasteiger partial charge in [0, 0.05) is 24.5 Å². The van der Waals surface area contributed by atoms with Gasteiger partial charge in [-0.3, -0.25) is 4.79 Å². The van der Waals surface area contributed by atoms with E-state index in [1.165, 1.54) is 11.1 Å². The molecule has 2 aromatic carbocycles. The molecule has 27 heavy (non-hydrogen) atoms. The van der Waals surface area contributed by atoms with E-state index < -0.39 is 0 Å². The van der Waals surface area contributed by atoms with E-state index in [9.17, 15) is 4.79 Å². The molecule has 5 heteroatoms. The number of carbonyl (C=O) groups is 1. The van der Waals surface area contributed by atoms with Crippen LogP contribution in [0.1, 0.15) is 34.0 Å². The second kappa shape index (κ2) is 8.54. The van der Waals surface area contributed by atoms with Gasteiger partial charge in [0.15, 0.2) is 0 Å². The molecule has 0 aliphatic carbocycles. The summed E-state index contributed by atoms with van der Waals surface area (Å²) in [6.07, 6.45) is 5.44. The predicted octanol–water partition coefficient (Wildman–Crippen LogP) is 3.75. The molecule has 1 unspecified atom stereocenters. The summed E-state index contributed by atoms with van der Waals surface area (Å²) in [4.78, 5) is 16.4. The first-order valence-corrected chi connectivity index (χ1v) is 9.07. The first-order valence-electron chi connectivity index (χ1n) is 9.07. The number of hydrogen-bond acceptors (Lipinski definition) is 3. The number of rotatable bonds is 7. The van der Waals surface area contributed by atoms with Gasteiger partial charge in [-0.2, -0.15) is 0 Å². The highest BCUT2D eigenvalue weighted by Gasteiger charge is 2.11. The Balaban J connectivity index is 1.50. The van der Waals surface area contributed by atoms with E-state index in [0.29, 0.717) is 12.2 Å². The molecule has 1 aromatic heterocycles. The monoisotopic (exact) mass is 363 g/mol. The Morgan fingerprint density at radius 2 is 1.93 bits per heavy atom. The highest BCUT2D eigenvalue weighted by atomic mass is 16.5. The molecule has 1 amide bonds. The van der Waals surface area contributed by atoms with Crippen molar-refractivity contribution in [3.63, 3.8) is 0 Å². The Bertz CT molecular complexity index is 886. The fraction of sp³-hybridized carbons (Fsp3) is 0.273. The Kier molecular flexibility index (Phi) is 5.91. The molecule has 0 saturated heterocycles. The van der Waals surface area contributed by atoms with Gasteiger partial charge in [0.05, 0.1) is 12.4 Å². The van der Waals surface area contributed by atoms with Crippen molar-refractivity contribution in [1.29, 1.82) is 0 Å². The number of imidazole rings is 1. The van der Waals surface area contributed by atoms with Crippen LogP contribution in [0.2, 0.25) is 0 Å². The van der Waals surface area contributed by atoms with Gasteiger partial charge < -0.3 is 14.6 Å². The van der Waals surface area contributed by atoms with Crippen LogP contribution in [0.25, 0.3) is 0 Å². The van der Waals surface area contributed by atoms with Gasteiger partial charge in [-0.25, -0.2) is 4.98 Å². The minimum Gasteiger partial charge on any atom is -0.491 e. The highest BCUT2D eigenvalue weighted by Crippen LogP contribution is 2.16. The maximum Gasteiger partial charge on any atom is 0.251 e. The second-order valence-corrected chi connectivity index (χ2v) is 6.86. The van der Waals surface area contributed by atoms with E-state index in [2.05, 4.69) is 24.1 Å². The van der Waals surface area contributed by atoms with Crippen molar-refractivity contribution >= 4 is 5.91 Å². The van der Waals surface area contributed by atoms with Crippen LogP contribution in [-0.4, -0.2) is 28.1 Å². The number of nitrogens with one attached hydrogen (secondary N) is 1. The zero-order valence-electron chi connectivity index (χ0n) is 16.0. The number of carbonyl (C=O) groups excluding carboxylic acids is 1. The molecule has 3 rings (SSSR count). The maximum atomic E-state index is 12.4. The molecule has 1 atom stereocenters. The Labute approximate surface area is 160 Å². The van der Waals surface area contributed by atoms with E-state index in [4.69, 9.17) is 4.74 Å². The van der Waals surface area contributed by atoms with Crippen molar-refractivity contribution in [1.82, 2.24) is 14.9 Å². The van der Waals surface area contributed by atoms with Crippen LogP contribution in [0.3, 0.4) is 0 Å². The van der Waals surface area contributed by atoms with Crippen molar-refractivity contribution in [2.24, 2.45) is 0 Å². The summed E-state index contributed by atoms with van der Waals surface area (Å²) in [5.41, 5.74) is 4.19. The van der Waals surface area contributed by atoms with Crippen LogP contribution in [0.15, 0.2) is 61.2 Å². The van der Waals surface area contributed by atoms with Crippen LogP contribution in [0, 0.1) is 13.8 Å². The minimum absolute atomic E-state index is 0.0928. The predicted molar refractivity (Wildman–Crippen MR) is 106 cm³/mol. The third-order valence-corrected chi connectivity index (χ3v) is 4.50. The number of nitrogens with zero attached hydrogens (tertiary/aromatic N) is 2. The normalized spacial score (nSPS) is 11.8. The lowest BCUT2D eigenvalue weighted by Gasteiger charge is -2.16. The average Bonchev–Trinajstić information content (AvgIpc) is 3.16. The smallest absolute Gasteiger partial charge is 0.251 e. The molecule has 0 fully saturated rings. The van der Waals surface area contributed by atoms with Crippen molar-refractivity contribution in [2.45, 2.75) is 33.4 Å². The van der Waals surface area contributed by atoms with E-state index >= 15 is 0 Å². The molecular formula is C22H25N3O2. The van der Waals surface area contributed by atoms with Crippen molar-refractivity contribution < 1.29 is 9.53 Å². The second-order valence-electron chi connectivity index (χ2n) is 6.86. The lowest BCUT2D eigenvalue weighted by molar-refractivity contribution is 0.0926. The van der Waals surface area contributed by atoms with Gasteiger partial charge in [-0.1, -0.05) is 18.2 Å². The van der Waals surface area contributed by atoms with Gasteiger partial charge >= 0.3 is 0 Å². The summed E-state index contributed by atoms with van der Waals surface area (Å²) >= 11 is 0. The van der Waals surface area contributed by atoms with Gasteiger partial charge in [0.2, 0.25) is 0 Å². The highest BCUT2D eigenvalue weighted by molar-refractivity contribution is 5.94. The molecule has 140 valence electrons.